The van der Waals surface area contributed by atoms with Crippen LogP contribution in [-0.4, -0.2) is 27.6 Å². The summed E-state index contributed by atoms with van der Waals surface area (Å²) >= 11 is 0. The quantitative estimate of drug-likeness (QED) is 0.822. The van der Waals surface area contributed by atoms with Crippen molar-refractivity contribution >= 4 is 0 Å². The Hall–Kier alpha value is -0.870. The molecule has 84 valence electrons. The van der Waals surface area contributed by atoms with Gasteiger partial charge in [0.1, 0.15) is 0 Å². The molecular weight excluding hydrogens is 192 g/mol. The summed E-state index contributed by atoms with van der Waals surface area (Å²) in [6, 6.07) is 0. The van der Waals surface area contributed by atoms with Gasteiger partial charge in [-0.25, -0.2) is 0 Å². The number of rotatable bonds is 3. The Bertz CT molecular complexity index is 303. The van der Waals surface area contributed by atoms with Crippen molar-refractivity contribution in [2.24, 2.45) is 0 Å². The number of aliphatic hydroxyl groups excluding tert-OH is 1. The third-order valence-electron chi connectivity index (χ3n) is 2.80. The van der Waals surface area contributed by atoms with Crippen LogP contribution in [-0.2, 0) is 11.3 Å². The number of nitrogens with zero attached hydrogens (tertiary/aromatic N) is 2. The summed E-state index contributed by atoms with van der Waals surface area (Å²) in [5.74, 6) is 0. The minimum Gasteiger partial charge on any atom is -0.389 e. The van der Waals surface area contributed by atoms with Gasteiger partial charge in [-0.2, -0.15) is 5.10 Å². The summed E-state index contributed by atoms with van der Waals surface area (Å²) in [7, 11) is 0. The van der Waals surface area contributed by atoms with Gasteiger partial charge in [-0.1, -0.05) is 0 Å². The second-order valence-electron chi connectivity index (χ2n) is 4.16. The molecule has 4 heteroatoms. The predicted molar refractivity (Wildman–Crippen MR) is 56.5 cm³/mol. The van der Waals surface area contributed by atoms with E-state index in [4.69, 9.17) is 4.74 Å². The Morgan fingerprint density at radius 2 is 2.53 bits per heavy atom. The van der Waals surface area contributed by atoms with E-state index in [1.165, 1.54) is 12.8 Å². The van der Waals surface area contributed by atoms with Crippen LogP contribution in [0.3, 0.4) is 0 Å². The molecule has 1 N–H and O–H groups in total. The van der Waals surface area contributed by atoms with Crippen LogP contribution in [0.2, 0.25) is 0 Å². The van der Waals surface area contributed by atoms with E-state index in [0.29, 0.717) is 6.10 Å². The Kier molecular flexibility index (Phi) is 3.38. The van der Waals surface area contributed by atoms with Crippen molar-refractivity contribution in [3.63, 3.8) is 0 Å². The number of aromatic nitrogens is 2. The number of aliphatic hydroxyl groups is 1. The van der Waals surface area contributed by atoms with E-state index in [1.807, 2.05) is 10.9 Å². The molecule has 1 fully saturated rings. The van der Waals surface area contributed by atoms with Gasteiger partial charge in [0.05, 0.1) is 24.9 Å². The summed E-state index contributed by atoms with van der Waals surface area (Å²) < 4.78 is 7.49. The minimum atomic E-state index is -0.439. The molecule has 0 radical (unpaired) electrons. The minimum absolute atomic E-state index is 0.292. The van der Waals surface area contributed by atoms with Crippen LogP contribution in [0.4, 0.5) is 0 Å². The molecule has 0 saturated carbocycles. The van der Waals surface area contributed by atoms with Gasteiger partial charge in [-0.05, 0) is 26.2 Å². The SMILES string of the molecule is CC(O)c1cnn(CC2CCCCO2)c1. The molecule has 0 aliphatic carbocycles. The van der Waals surface area contributed by atoms with E-state index in [-0.39, 0.29) is 0 Å². The Balaban J connectivity index is 1.91. The molecule has 2 rings (SSSR count). The fourth-order valence-electron chi connectivity index (χ4n) is 1.86. The lowest BCUT2D eigenvalue weighted by atomic mass is 10.1. The Labute approximate surface area is 89.9 Å². The van der Waals surface area contributed by atoms with Gasteiger partial charge in [0, 0.05) is 18.4 Å². The summed E-state index contributed by atoms with van der Waals surface area (Å²) in [4.78, 5) is 0. The Morgan fingerprint density at radius 3 is 3.13 bits per heavy atom. The molecule has 0 bridgehead atoms. The lowest BCUT2D eigenvalue weighted by molar-refractivity contribution is 0.00395. The summed E-state index contributed by atoms with van der Waals surface area (Å²) in [6.07, 6.45) is 7.00. The van der Waals surface area contributed by atoms with Gasteiger partial charge >= 0.3 is 0 Å². The van der Waals surface area contributed by atoms with Crippen LogP contribution < -0.4 is 0 Å². The van der Waals surface area contributed by atoms with Crippen LogP contribution in [0, 0.1) is 0 Å². The lowest BCUT2D eigenvalue weighted by Gasteiger charge is -2.22. The van der Waals surface area contributed by atoms with E-state index in [9.17, 15) is 5.11 Å². The average molecular weight is 210 g/mol. The van der Waals surface area contributed by atoms with Crippen molar-refractivity contribution in [1.82, 2.24) is 9.78 Å². The van der Waals surface area contributed by atoms with Crippen LogP contribution >= 0.6 is 0 Å². The average Bonchev–Trinajstić information content (AvgIpc) is 2.68. The Morgan fingerprint density at radius 1 is 1.67 bits per heavy atom. The zero-order valence-electron chi connectivity index (χ0n) is 9.09. The van der Waals surface area contributed by atoms with E-state index < -0.39 is 6.10 Å². The summed E-state index contributed by atoms with van der Waals surface area (Å²) in [5.41, 5.74) is 0.866. The second kappa shape index (κ2) is 4.77. The highest BCUT2D eigenvalue weighted by Gasteiger charge is 2.15. The van der Waals surface area contributed by atoms with Crippen LogP contribution in [0.15, 0.2) is 12.4 Å². The molecule has 1 aliphatic heterocycles. The first-order chi connectivity index (χ1) is 7.25. The van der Waals surface area contributed by atoms with E-state index in [2.05, 4.69) is 5.10 Å². The molecule has 1 aliphatic rings. The third-order valence-corrected chi connectivity index (χ3v) is 2.80. The first-order valence-electron chi connectivity index (χ1n) is 5.58. The molecule has 2 heterocycles. The largest absolute Gasteiger partial charge is 0.389 e. The molecule has 15 heavy (non-hydrogen) atoms. The zero-order chi connectivity index (χ0) is 10.7. The molecule has 1 saturated heterocycles. The van der Waals surface area contributed by atoms with Crippen molar-refractivity contribution in [1.29, 1.82) is 0 Å². The number of hydrogen-bond acceptors (Lipinski definition) is 3. The fraction of sp³-hybridized carbons (Fsp3) is 0.727. The highest BCUT2D eigenvalue weighted by Crippen LogP contribution is 2.15. The van der Waals surface area contributed by atoms with Gasteiger partial charge in [0.15, 0.2) is 0 Å². The van der Waals surface area contributed by atoms with Gasteiger partial charge in [-0.15, -0.1) is 0 Å². The maximum Gasteiger partial charge on any atom is 0.0792 e. The highest BCUT2D eigenvalue weighted by atomic mass is 16.5. The molecule has 1 aromatic heterocycles. The summed E-state index contributed by atoms with van der Waals surface area (Å²) in [5, 5.41) is 13.6. The normalized spacial score (nSPS) is 24.0. The smallest absolute Gasteiger partial charge is 0.0792 e. The number of ether oxygens (including phenoxy) is 1. The van der Waals surface area contributed by atoms with E-state index >= 15 is 0 Å². The van der Waals surface area contributed by atoms with Crippen molar-refractivity contribution in [3.8, 4) is 0 Å². The van der Waals surface area contributed by atoms with Crippen LogP contribution in [0.25, 0.3) is 0 Å². The first-order valence-corrected chi connectivity index (χ1v) is 5.58. The van der Waals surface area contributed by atoms with E-state index in [1.54, 1.807) is 13.1 Å². The van der Waals surface area contributed by atoms with Gasteiger partial charge in [-0.3, -0.25) is 4.68 Å². The fourth-order valence-corrected chi connectivity index (χ4v) is 1.86. The molecule has 1 aromatic rings. The van der Waals surface area contributed by atoms with Crippen molar-refractivity contribution < 1.29 is 9.84 Å². The molecule has 0 aromatic carbocycles. The van der Waals surface area contributed by atoms with Crippen molar-refractivity contribution in [2.75, 3.05) is 6.61 Å². The maximum atomic E-state index is 9.36. The monoisotopic (exact) mass is 210 g/mol. The van der Waals surface area contributed by atoms with Crippen molar-refractivity contribution in [3.05, 3.63) is 18.0 Å². The molecule has 4 nitrogen and oxygen atoms in total. The molecule has 2 unspecified atom stereocenters. The highest BCUT2D eigenvalue weighted by molar-refractivity contribution is 5.06. The predicted octanol–water partition coefficient (Wildman–Crippen LogP) is 1.51. The van der Waals surface area contributed by atoms with Crippen LogP contribution in [0.1, 0.15) is 37.9 Å². The molecule has 2 atom stereocenters. The molecule has 0 amide bonds. The topological polar surface area (TPSA) is 47.3 Å². The second-order valence-corrected chi connectivity index (χ2v) is 4.16. The third kappa shape index (κ3) is 2.79. The van der Waals surface area contributed by atoms with Gasteiger partial charge in [0.2, 0.25) is 0 Å². The molecular formula is C11H18N2O2. The standard InChI is InChI=1S/C11H18N2O2/c1-9(14)10-6-12-13(7-10)8-11-4-2-3-5-15-11/h6-7,9,11,14H,2-5,8H2,1H3. The summed E-state index contributed by atoms with van der Waals surface area (Å²) in [6.45, 7) is 3.42. The lowest BCUT2D eigenvalue weighted by Crippen LogP contribution is -2.24. The molecule has 0 spiro atoms. The van der Waals surface area contributed by atoms with Gasteiger partial charge < -0.3 is 9.84 Å². The van der Waals surface area contributed by atoms with Crippen molar-refractivity contribution in [2.45, 2.75) is 44.9 Å². The van der Waals surface area contributed by atoms with E-state index in [0.717, 1.165) is 25.1 Å². The first kappa shape index (κ1) is 10.6. The zero-order valence-corrected chi connectivity index (χ0v) is 9.09. The maximum absolute atomic E-state index is 9.36. The van der Waals surface area contributed by atoms with Gasteiger partial charge in [0.25, 0.3) is 0 Å². The number of hydrogen-bond donors (Lipinski definition) is 1. The van der Waals surface area contributed by atoms with Crippen LogP contribution in [0.5, 0.6) is 0 Å².